The molecule has 0 atom stereocenters. The normalized spacial score (nSPS) is 20.2. The lowest BCUT2D eigenvalue weighted by Gasteiger charge is -2.49. The van der Waals surface area contributed by atoms with Crippen LogP contribution in [0, 0.1) is 6.92 Å². The van der Waals surface area contributed by atoms with E-state index in [1.165, 1.54) is 144 Å². The molecule has 3 aliphatic carbocycles. The summed E-state index contributed by atoms with van der Waals surface area (Å²) in [6.07, 6.45) is 7.09. The van der Waals surface area contributed by atoms with Crippen LogP contribution in [0.25, 0.3) is 33.1 Å². The summed E-state index contributed by atoms with van der Waals surface area (Å²) in [5.74, 6) is 0. The van der Waals surface area contributed by atoms with Gasteiger partial charge < -0.3 is 14.2 Å². The van der Waals surface area contributed by atoms with Crippen LogP contribution in [0.5, 0.6) is 0 Å². The van der Waals surface area contributed by atoms with E-state index in [-0.39, 0.29) is 39.2 Å². The third-order valence-electron chi connectivity index (χ3n) is 19.1. The molecule has 358 valence electrons. The number of benzene rings is 7. The summed E-state index contributed by atoms with van der Waals surface area (Å²) in [5, 5.41) is 2.33. The van der Waals surface area contributed by atoms with Crippen LogP contribution in [0.2, 0.25) is 0 Å². The Balaban J connectivity index is 1.10. The van der Waals surface area contributed by atoms with Gasteiger partial charge in [0, 0.05) is 44.9 Å². The smallest absolute Gasteiger partial charge is 0.252 e. The summed E-state index contributed by atoms with van der Waals surface area (Å²) in [6.45, 7) is 32.2. The predicted octanol–water partition coefficient (Wildman–Crippen LogP) is 16.7. The van der Waals surface area contributed by atoms with E-state index in [1.54, 1.807) is 0 Å². The molecule has 4 heteroatoms. The van der Waals surface area contributed by atoms with Crippen LogP contribution in [-0.4, -0.2) is 6.71 Å². The monoisotopic (exact) mass is 931 g/mol. The molecule has 13 rings (SSSR count). The number of anilines is 6. The zero-order valence-electron chi connectivity index (χ0n) is 44.7. The lowest BCUT2D eigenvalue weighted by molar-refractivity contribution is 0.332. The molecule has 8 aromatic rings. The number of rotatable bonds is 3. The van der Waals surface area contributed by atoms with Gasteiger partial charge in [-0.3, -0.25) is 0 Å². The van der Waals surface area contributed by atoms with Gasteiger partial charge in [0.1, 0.15) is 11.2 Å². The minimum absolute atomic E-state index is 0.0459. The Bertz CT molecular complexity index is 3580. The van der Waals surface area contributed by atoms with Gasteiger partial charge in [0.05, 0.1) is 0 Å². The van der Waals surface area contributed by atoms with Crippen LogP contribution in [-0.2, 0) is 32.5 Å². The molecule has 3 heterocycles. The van der Waals surface area contributed by atoms with Crippen LogP contribution in [0.3, 0.4) is 0 Å². The van der Waals surface area contributed by atoms with Gasteiger partial charge in [0.15, 0.2) is 0 Å². The first-order chi connectivity index (χ1) is 33.5. The van der Waals surface area contributed by atoms with Crippen molar-refractivity contribution in [3.05, 3.63) is 160 Å². The van der Waals surface area contributed by atoms with Crippen molar-refractivity contribution in [3.63, 3.8) is 0 Å². The maximum Gasteiger partial charge on any atom is 0.252 e. The Morgan fingerprint density at radius 3 is 1.41 bits per heavy atom. The average Bonchev–Trinajstić information content (AvgIpc) is 3.72. The van der Waals surface area contributed by atoms with Crippen molar-refractivity contribution in [3.8, 4) is 11.1 Å². The highest BCUT2D eigenvalue weighted by molar-refractivity contribution is 7.00. The molecule has 0 fully saturated rings. The van der Waals surface area contributed by atoms with E-state index in [4.69, 9.17) is 4.42 Å². The number of aryl methyl sites for hydroxylation is 1. The predicted molar refractivity (Wildman–Crippen MR) is 304 cm³/mol. The third kappa shape index (κ3) is 6.47. The van der Waals surface area contributed by atoms with Crippen LogP contribution in [0.1, 0.15) is 161 Å². The molecule has 0 radical (unpaired) electrons. The highest BCUT2D eigenvalue weighted by Gasteiger charge is 2.49. The van der Waals surface area contributed by atoms with E-state index >= 15 is 0 Å². The zero-order valence-corrected chi connectivity index (χ0v) is 44.7. The molecule has 7 aromatic carbocycles. The van der Waals surface area contributed by atoms with Crippen LogP contribution in [0.4, 0.5) is 34.1 Å². The van der Waals surface area contributed by atoms with E-state index in [2.05, 4.69) is 221 Å². The van der Waals surface area contributed by atoms with Gasteiger partial charge in [-0.2, -0.15) is 0 Å². The number of para-hydroxylation sites is 1. The van der Waals surface area contributed by atoms with Crippen molar-refractivity contribution in [2.75, 3.05) is 9.80 Å². The standard InChI is InChI=1S/C67H71BN2O/c1-40-33-56-61-57(34-40)70(43-25-26-46-47(35-43)63(4,5)28-27-62(46,2)3)55-39-51-49(65(8,9)30-32-67(51,12)13)37-53(55)68(61)52-36-48-50(66(10,11)31-29-64(48,6)7)38-54(52)69(56)42-23-21-41(22-24-42)44-18-16-20-59-60(44)45-17-14-15-19-58(45)71-59/h14-26,33-39H,27-32H2,1-13H3. The Hall–Kier alpha value is -6.00. The van der Waals surface area contributed by atoms with Crippen molar-refractivity contribution in [2.24, 2.45) is 0 Å². The summed E-state index contributed by atoms with van der Waals surface area (Å²) >= 11 is 0. The Morgan fingerprint density at radius 1 is 0.408 bits per heavy atom. The van der Waals surface area contributed by atoms with Gasteiger partial charge in [0.25, 0.3) is 6.71 Å². The van der Waals surface area contributed by atoms with Gasteiger partial charge in [0.2, 0.25) is 0 Å². The molecule has 0 saturated carbocycles. The second-order valence-electron chi connectivity index (χ2n) is 26.6. The highest BCUT2D eigenvalue weighted by atomic mass is 16.3. The van der Waals surface area contributed by atoms with Crippen molar-refractivity contribution < 1.29 is 4.42 Å². The van der Waals surface area contributed by atoms with Crippen LogP contribution in [0.15, 0.2) is 126 Å². The lowest BCUT2D eigenvalue weighted by Crippen LogP contribution is -2.62. The molecule has 3 nitrogen and oxygen atoms in total. The summed E-state index contributed by atoms with van der Waals surface area (Å²) < 4.78 is 6.39. The summed E-state index contributed by atoms with van der Waals surface area (Å²) in [7, 11) is 0. The molecule has 0 unspecified atom stereocenters. The average molecular weight is 931 g/mol. The maximum absolute atomic E-state index is 6.39. The van der Waals surface area contributed by atoms with Crippen molar-refractivity contribution >= 4 is 79.2 Å². The third-order valence-corrected chi connectivity index (χ3v) is 19.1. The highest BCUT2D eigenvalue weighted by Crippen LogP contribution is 2.54. The summed E-state index contributed by atoms with van der Waals surface area (Å²) in [6, 6.07) is 47.7. The second kappa shape index (κ2) is 14.6. The topological polar surface area (TPSA) is 19.6 Å². The van der Waals surface area contributed by atoms with E-state index in [1.807, 2.05) is 0 Å². The number of nitrogens with zero attached hydrogens (tertiary/aromatic N) is 2. The molecule has 71 heavy (non-hydrogen) atoms. The van der Waals surface area contributed by atoms with Crippen molar-refractivity contribution in [2.45, 2.75) is 161 Å². The maximum atomic E-state index is 6.39. The molecule has 0 spiro atoms. The van der Waals surface area contributed by atoms with Gasteiger partial charge in [-0.25, -0.2) is 0 Å². The van der Waals surface area contributed by atoms with Gasteiger partial charge in [-0.05, 0) is 205 Å². The second-order valence-corrected chi connectivity index (χ2v) is 26.6. The van der Waals surface area contributed by atoms with Crippen molar-refractivity contribution in [1.82, 2.24) is 0 Å². The molecular weight excluding hydrogens is 860 g/mol. The van der Waals surface area contributed by atoms with E-state index in [9.17, 15) is 0 Å². The quantitative estimate of drug-likeness (QED) is 0.165. The molecule has 0 saturated heterocycles. The number of fused-ring (bicyclic) bond motifs is 10. The number of furan rings is 1. The number of hydrogen-bond acceptors (Lipinski definition) is 3. The molecular formula is C67H71BN2O. The molecule has 0 N–H and O–H groups in total. The van der Waals surface area contributed by atoms with Crippen molar-refractivity contribution in [1.29, 1.82) is 0 Å². The van der Waals surface area contributed by atoms with Crippen LogP contribution < -0.4 is 26.2 Å². The minimum Gasteiger partial charge on any atom is -0.456 e. The molecule has 2 aliphatic heterocycles. The first kappa shape index (κ1) is 44.9. The summed E-state index contributed by atoms with van der Waals surface area (Å²) in [5.41, 5.74) is 27.0. The minimum atomic E-state index is 0.0459. The first-order valence-corrected chi connectivity index (χ1v) is 26.8. The van der Waals surface area contributed by atoms with Gasteiger partial charge >= 0.3 is 0 Å². The van der Waals surface area contributed by atoms with E-state index in [0.717, 1.165) is 16.6 Å². The van der Waals surface area contributed by atoms with Gasteiger partial charge in [-0.15, -0.1) is 0 Å². The first-order valence-electron chi connectivity index (χ1n) is 26.8. The Labute approximate surface area is 423 Å². The Kier molecular flexibility index (Phi) is 9.22. The van der Waals surface area contributed by atoms with E-state index in [0.29, 0.717) is 0 Å². The molecule has 0 amide bonds. The molecule has 0 bridgehead atoms. The Morgan fingerprint density at radius 2 is 0.859 bits per heavy atom. The fourth-order valence-corrected chi connectivity index (χ4v) is 14.3. The van der Waals surface area contributed by atoms with E-state index < -0.39 is 0 Å². The molecule has 5 aliphatic rings. The van der Waals surface area contributed by atoms with Crippen LogP contribution >= 0.6 is 0 Å². The fraction of sp³-hybridized carbons (Fsp3) is 0.373. The van der Waals surface area contributed by atoms with Gasteiger partial charge in [-0.1, -0.05) is 144 Å². The lowest BCUT2D eigenvalue weighted by atomic mass is 9.32. The SMILES string of the molecule is Cc1cc2c3c(c1)N(c1ccc4c(c1)C(C)(C)CCC4(C)C)c1cc4c(cc1B3c1cc3c(cc1N2c1ccc(-c2cccc5oc6ccccc6c25)cc1)C(C)(C)CCC3(C)C)C(C)(C)CCC4(C)C. The summed E-state index contributed by atoms with van der Waals surface area (Å²) in [4.78, 5) is 5.36. The molecule has 1 aromatic heterocycles. The fourth-order valence-electron chi connectivity index (χ4n) is 14.3. The largest absolute Gasteiger partial charge is 0.456 e. The zero-order chi connectivity index (χ0) is 49.5. The number of hydrogen-bond donors (Lipinski definition) is 0.